The first-order valence-corrected chi connectivity index (χ1v) is 8.34. The largest absolute Gasteiger partial charge is 0.496 e. The van der Waals surface area contributed by atoms with Gasteiger partial charge < -0.3 is 10.1 Å². The van der Waals surface area contributed by atoms with Crippen LogP contribution in [0.2, 0.25) is 0 Å². The van der Waals surface area contributed by atoms with Crippen LogP contribution in [0.1, 0.15) is 10.4 Å². The second kappa shape index (κ2) is 6.64. The maximum atomic E-state index is 13.2. The summed E-state index contributed by atoms with van der Waals surface area (Å²) in [6.07, 6.45) is 0. The summed E-state index contributed by atoms with van der Waals surface area (Å²) in [5.41, 5.74) is 1.27. The number of Topliss-reactive ketones (excluding diaryl/α,β-unsaturated/α-hetero) is 1. The Morgan fingerprint density at radius 1 is 1.35 bits per heavy atom. The Hall–Kier alpha value is -1.99. The Morgan fingerprint density at radius 2 is 2.17 bits per heavy atom. The number of nitrogens with one attached hydrogen (secondary N) is 1. The normalized spacial score (nSPS) is 10.7. The van der Waals surface area contributed by atoms with Crippen molar-refractivity contribution in [3.05, 3.63) is 52.3 Å². The molecule has 0 fully saturated rings. The molecule has 0 unspecified atom stereocenters. The van der Waals surface area contributed by atoms with E-state index in [1.165, 1.54) is 23.5 Å². The highest BCUT2D eigenvalue weighted by molar-refractivity contribution is 9.10. The van der Waals surface area contributed by atoms with Crippen molar-refractivity contribution in [1.29, 1.82) is 0 Å². The minimum absolute atomic E-state index is 0.0706. The minimum Gasteiger partial charge on any atom is -0.496 e. The molecule has 0 aliphatic rings. The van der Waals surface area contributed by atoms with Crippen LogP contribution in [-0.2, 0) is 0 Å². The quantitative estimate of drug-likeness (QED) is 0.647. The molecule has 1 N–H and O–H groups in total. The molecule has 0 radical (unpaired) electrons. The minimum atomic E-state index is -0.299. The van der Waals surface area contributed by atoms with Gasteiger partial charge in [0.05, 0.1) is 28.3 Å². The Kier molecular flexibility index (Phi) is 4.58. The van der Waals surface area contributed by atoms with Crippen LogP contribution in [0.15, 0.2) is 40.9 Å². The lowest BCUT2D eigenvalue weighted by molar-refractivity contribution is 0.101. The molecule has 0 saturated heterocycles. The number of nitrogens with zero attached hydrogens (tertiary/aromatic N) is 1. The van der Waals surface area contributed by atoms with Crippen molar-refractivity contribution in [2.24, 2.45) is 0 Å². The predicted octanol–water partition coefficient (Wildman–Crippen LogP) is 4.50. The summed E-state index contributed by atoms with van der Waals surface area (Å²) < 4.78 is 19.8. The van der Waals surface area contributed by atoms with Crippen molar-refractivity contribution in [2.45, 2.75) is 0 Å². The summed E-state index contributed by atoms with van der Waals surface area (Å²) in [7, 11) is 1.57. The van der Waals surface area contributed by atoms with Gasteiger partial charge in [-0.25, -0.2) is 9.37 Å². The summed E-state index contributed by atoms with van der Waals surface area (Å²) in [5.74, 6) is 0.299. The number of aromatic nitrogens is 1. The maximum Gasteiger partial charge on any atom is 0.184 e. The van der Waals surface area contributed by atoms with Gasteiger partial charge >= 0.3 is 0 Å². The van der Waals surface area contributed by atoms with E-state index in [1.54, 1.807) is 31.4 Å². The zero-order chi connectivity index (χ0) is 16.4. The number of hydrogen-bond donors (Lipinski definition) is 1. The fourth-order valence-corrected chi connectivity index (χ4v) is 3.50. The van der Waals surface area contributed by atoms with Crippen LogP contribution in [0.3, 0.4) is 0 Å². The van der Waals surface area contributed by atoms with Gasteiger partial charge in [0.2, 0.25) is 0 Å². The van der Waals surface area contributed by atoms with E-state index in [0.717, 1.165) is 9.17 Å². The van der Waals surface area contributed by atoms with E-state index in [2.05, 4.69) is 26.2 Å². The third kappa shape index (κ3) is 3.51. The number of benzene rings is 2. The van der Waals surface area contributed by atoms with Gasteiger partial charge in [0.1, 0.15) is 11.6 Å². The molecule has 0 atom stereocenters. The van der Waals surface area contributed by atoms with Crippen molar-refractivity contribution in [1.82, 2.24) is 4.98 Å². The highest BCUT2D eigenvalue weighted by atomic mass is 79.9. The van der Waals surface area contributed by atoms with Gasteiger partial charge in [-0.2, -0.15) is 0 Å². The smallest absolute Gasteiger partial charge is 0.184 e. The average molecular weight is 395 g/mol. The van der Waals surface area contributed by atoms with Crippen molar-refractivity contribution < 1.29 is 13.9 Å². The molecule has 4 nitrogen and oxygen atoms in total. The lowest BCUT2D eigenvalue weighted by atomic mass is 10.1. The molecule has 1 heterocycles. The van der Waals surface area contributed by atoms with Crippen LogP contribution in [0.4, 0.5) is 9.52 Å². The summed E-state index contributed by atoms with van der Waals surface area (Å²) >= 11 is 4.67. The molecule has 1 aromatic heterocycles. The van der Waals surface area contributed by atoms with Crippen molar-refractivity contribution in [3.63, 3.8) is 0 Å². The Balaban J connectivity index is 1.71. The Labute approximate surface area is 144 Å². The molecule has 0 aliphatic carbocycles. The molecule has 3 rings (SSSR count). The number of hydrogen-bond acceptors (Lipinski definition) is 5. The SMILES string of the molecule is COc1ccc(C(=O)CNc2nc3ccc(F)cc3s2)cc1Br. The fraction of sp³-hybridized carbons (Fsp3) is 0.125. The van der Waals surface area contributed by atoms with Crippen molar-refractivity contribution in [3.8, 4) is 5.75 Å². The summed E-state index contributed by atoms with van der Waals surface area (Å²) in [4.78, 5) is 16.6. The number of halogens is 2. The predicted molar refractivity (Wildman–Crippen MR) is 93.1 cm³/mol. The number of rotatable bonds is 5. The monoisotopic (exact) mass is 394 g/mol. The van der Waals surface area contributed by atoms with E-state index < -0.39 is 0 Å². The lowest BCUT2D eigenvalue weighted by Gasteiger charge is -2.06. The van der Waals surface area contributed by atoms with Crippen LogP contribution in [0.25, 0.3) is 10.2 Å². The second-order valence-corrected chi connectivity index (χ2v) is 6.64. The molecule has 118 valence electrons. The molecular formula is C16H12BrFN2O2S. The zero-order valence-electron chi connectivity index (χ0n) is 12.1. The van der Waals surface area contributed by atoms with Gasteiger partial charge in [-0.1, -0.05) is 11.3 Å². The van der Waals surface area contributed by atoms with E-state index in [4.69, 9.17) is 4.74 Å². The van der Waals surface area contributed by atoms with E-state index in [9.17, 15) is 9.18 Å². The van der Waals surface area contributed by atoms with Gasteiger partial charge in [-0.05, 0) is 52.3 Å². The number of thiazole rings is 1. The second-order valence-electron chi connectivity index (χ2n) is 4.76. The van der Waals surface area contributed by atoms with Gasteiger partial charge in [-0.15, -0.1) is 0 Å². The number of ketones is 1. The van der Waals surface area contributed by atoms with Crippen LogP contribution < -0.4 is 10.1 Å². The molecule has 0 saturated carbocycles. The first-order chi connectivity index (χ1) is 11.1. The van der Waals surface area contributed by atoms with Crippen LogP contribution in [0.5, 0.6) is 5.75 Å². The van der Waals surface area contributed by atoms with Gasteiger partial charge in [0, 0.05) is 5.56 Å². The zero-order valence-corrected chi connectivity index (χ0v) is 14.5. The molecular weight excluding hydrogens is 383 g/mol. The third-order valence-corrected chi connectivity index (χ3v) is 4.82. The molecule has 2 aromatic carbocycles. The topological polar surface area (TPSA) is 51.2 Å². The maximum absolute atomic E-state index is 13.2. The summed E-state index contributed by atoms with van der Waals surface area (Å²) in [6.45, 7) is 0.112. The van der Waals surface area contributed by atoms with E-state index >= 15 is 0 Å². The van der Waals surface area contributed by atoms with E-state index in [0.29, 0.717) is 22.0 Å². The molecule has 0 amide bonds. The lowest BCUT2D eigenvalue weighted by Crippen LogP contribution is -2.13. The Bertz CT molecular complexity index is 882. The molecule has 3 aromatic rings. The standard InChI is InChI=1S/C16H12BrFN2O2S/c1-22-14-5-2-9(6-11(14)17)13(21)8-19-16-20-12-4-3-10(18)7-15(12)23-16/h2-7H,8H2,1H3,(H,19,20). The van der Waals surface area contributed by atoms with Crippen molar-refractivity contribution in [2.75, 3.05) is 19.0 Å². The first-order valence-electron chi connectivity index (χ1n) is 6.73. The number of anilines is 1. The molecule has 7 heteroatoms. The van der Waals surface area contributed by atoms with E-state index in [1.807, 2.05) is 0 Å². The van der Waals surface area contributed by atoms with Gasteiger partial charge in [0.25, 0.3) is 0 Å². The van der Waals surface area contributed by atoms with Crippen LogP contribution in [0, 0.1) is 5.82 Å². The average Bonchev–Trinajstić information content (AvgIpc) is 2.94. The first kappa shape index (κ1) is 15.9. The van der Waals surface area contributed by atoms with Crippen LogP contribution >= 0.6 is 27.3 Å². The third-order valence-electron chi connectivity index (χ3n) is 3.22. The fourth-order valence-electron chi connectivity index (χ4n) is 2.07. The number of fused-ring (bicyclic) bond motifs is 1. The van der Waals surface area contributed by atoms with Crippen LogP contribution in [-0.4, -0.2) is 24.4 Å². The highest BCUT2D eigenvalue weighted by Crippen LogP contribution is 2.27. The number of carbonyl (C=O) groups excluding carboxylic acids is 1. The van der Waals surface area contributed by atoms with E-state index in [-0.39, 0.29) is 18.1 Å². The Morgan fingerprint density at radius 3 is 2.91 bits per heavy atom. The molecule has 0 bridgehead atoms. The number of ether oxygens (including phenoxy) is 1. The molecule has 0 aliphatic heterocycles. The van der Waals surface area contributed by atoms with Gasteiger partial charge in [-0.3, -0.25) is 4.79 Å². The summed E-state index contributed by atoms with van der Waals surface area (Å²) in [6, 6.07) is 9.58. The molecule has 23 heavy (non-hydrogen) atoms. The molecule has 0 spiro atoms. The number of methoxy groups -OCH3 is 1. The van der Waals surface area contributed by atoms with Crippen molar-refractivity contribution >= 4 is 48.4 Å². The number of carbonyl (C=O) groups is 1. The summed E-state index contributed by atoms with van der Waals surface area (Å²) in [5, 5.41) is 3.58. The highest BCUT2D eigenvalue weighted by Gasteiger charge is 2.11. The van der Waals surface area contributed by atoms with Gasteiger partial charge in [0.15, 0.2) is 10.9 Å².